The van der Waals surface area contributed by atoms with Crippen molar-refractivity contribution >= 4 is 17.1 Å². The standard InChI is InChI=1S/C6H8N4O3S/c11-14(12)10-4-3-9-5-6(13-4)8-2-1-7-5/h1-2,4,10H,3H2,(H,7,9)(H,11,12)/p-1. The molecule has 0 aromatic carbocycles. The zero-order chi connectivity index (χ0) is 9.97. The van der Waals surface area contributed by atoms with Gasteiger partial charge in [-0.2, -0.15) is 0 Å². The lowest BCUT2D eigenvalue weighted by Crippen LogP contribution is -2.44. The van der Waals surface area contributed by atoms with Gasteiger partial charge < -0.3 is 14.6 Å². The minimum Gasteiger partial charge on any atom is -0.760 e. The van der Waals surface area contributed by atoms with E-state index >= 15 is 0 Å². The first-order valence-electron chi connectivity index (χ1n) is 3.82. The van der Waals surface area contributed by atoms with Gasteiger partial charge >= 0.3 is 0 Å². The molecule has 14 heavy (non-hydrogen) atoms. The molecule has 0 bridgehead atoms. The lowest BCUT2D eigenvalue weighted by Gasteiger charge is -2.26. The molecule has 0 aliphatic carbocycles. The van der Waals surface area contributed by atoms with E-state index in [1.165, 1.54) is 12.4 Å². The van der Waals surface area contributed by atoms with Crippen molar-refractivity contribution in [2.24, 2.45) is 0 Å². The summed E-state index contributed by atoms with van der Waals surface area (Å²) in [4.78, 5) is 7.84. The quantitative estimate of drug-likeness (QED) is 0.613. The van der Waals surface area contributed by atoms with Crippen LogP contribution in [0.3, 0.4) is 0 Å². The predicted molar refractivity (Wildman–Crippen MR) is 47.0 cm³/mol. The maximum absolute atomic E-state index is 10.3. The zero-order valence-corrected chi connectivity index (χ0v) is 7.78. The molecule has 2 heterocycles. The van der Waals surface area contributed by atoms with Crippen LogP contribution in [0.15, 0.2) is 12.4 Å². The largest absolute Gasteiger partial charge is 0.760 e. The van der Waals surface area contributed by atoms with E-state index in [0.717, 1.165) is 0 Å². The summed E-state index contributed by atoms with van der Waals surface area (Å²) >= 11 is -2.35. The number of nitrogens with zero attached hydrogens (tertiary/aromatic N) is 2. The lowest BCUT2D eigenvalue weighted by atomic mass is 10.4. The topological polar surface area (TPSA) is 99.2 Å². The van der Waals surface area contributed by atoms with E-state index in [2.05, 4.69) is 20.0 Å². The number of hydrogen-bond donors (Lipinski definition) is 2. The van der Waals surface area contributed by atoms with E-state index in [1.807, 2.05) is 0 Å². The summed E-state index contributed by atoms with van der Waals surface area (Å²) in [5.74, 6) is 0.809. The Bertz CT molecular complexity index is 361. The van der Waals surface area contributed by atoms with Gasteiger partial charge in [-0.05, 0) is 0 Å². The van der Waals surface area contributed by atoms with Gasteiger partial charge in [-0.1, -0.05) is 0 Å². The highest BCUT2D eigenvalue weighted by molar-refractivity contribution is 7.77. The molecule has 2 N–H and O–H groups in total. The number of hydrogen-bond acceptors (Lipinski definition) is 6. The highest BCUT2D eigenvalue weighted by atomic mass is 32.2. The summed E-state index contributed by atoms with van der Waals surface area (Å²) in [6, 6.07) is 0. The SMILES string of the molecule is O=S([O-])NC1CNc2nccnc2O1. The van der Waals surface area contributed by atoms with Gasteiger partial charge in [-0.15, -0.1) is 0 Å². The van der Waals surface area contributed by atoms with Gasteiger partial charge in [0.15, 0.2) is 12.0 Å². The van der Waals surface area contributed by atoms with E-state index < -0.39 is 17.5 Å². The van der Waals surface area contributed by atoms with Crippen LogP contribution in [0.2, 0.25) is 0 Å². The van der Waals surface area contributed by atoms with E-state index in [4.69, 9.17) is 4.74 Å². The lowest BCUT2D eigenvalue weighted by molar-refractivity contribution is 0.184. The second-order valence-electron chi connectivity index (χ2n) is 2.55. The van der Waals surface area contributed by atoms with Crippen LogP contribution in [0.1, 0.15) is 0 Å². The fourth-order valence-corrected chi connectivity index (χ4v) is 1.42. The Labute approximate surface area is 82.3 Å². The van der Waals surface area contributed by atoms with Gasteiger partial charge in [0.25, 0.3) is 5.88 Å². The summed E-state index contributed by atoms with van der Waals surface area (Å²) in [5.41, 5.74) is 0. The Morgan fingerprint density at radius 3 is 3.21 bits per heavy atom. The Hall–Kier alpha value is -1.25. The molecule has 0 fully saturated rings. The third-order valence-corrected chi connectivity index (χ3v) is 2.06. The molecule has 0 amide bonds. The molecule has 0 spiro atoms. The van der Waals surface area contributed by atoms with Crippen molar-refractivity contribution in [1.82, 2.24) is 14.7 Å². The monoisotopic (exact) mass is 215 g/mol. The van der Waals surface area contributed by atoms with Crippen molar-refractivity contribution in [2.75, 3.05) is 11.9 Å². The third kappa shape index (κ3) is 1.97. The van der Waals surface area contributed by atoms with Gasteiger partial charge in [0.05, 0.1) is 6.54 Å². The number of anilines is 1. The van der Waals surface area contributed by atoms with Crippen molar-refractivity contribution in [3.05, 3.63) is 12.4 Å². The molecule has 0 saturated carbocycles. The third-order valence-electron chi connectivity index (χ3n) is 1.60. The number of rotatable bonds is 2. The minimum atomic E-state index is -2.35. The Morgan fingerprint density at radius 1 is 1.64 bits per heavy atom. The molecule has 8 heteroatoms. The number of fused-ring (bicyclic) bond motifs is 1. The minimum absolute atomic E-state index is 0.293. The molecule has 1 aliphatic rings. The van der Waals surface area contributed by atoms with Crippen molar-refractivity contribution in [3.63, 3.8) is 0 Å². The molecule has 76 valence electrons. The zero-order valence-electron chi connectivity index (χ0n) is 6.97. The molecule has 1 aromatic heterocycles. The Morgan fingerprint density at radius 2 is 2.43 bits per heavy atom. The molecule has 7 nitrogen and oxygen atoms in total. The van der Waals surface area contributed by atoms with Crippen LogP contribution < -0.4 is 14.8 Å². The van der Waals surface area contributed by atoms with Gasteiger partial charge in [0.1, 0.15) is 0 Å². The van der Waals surface area contributed by atoms with Crippen LogP contribution in [0.4, 0.5) is 5.82 Å². The highest BCUT2D eigenvalue weighted by Crippen LogP contribution is 2.21. The van der Waals surface area contributed by atoms with Gasteiger partial charge in [0.2, 0.25) is 0 Å². The maximum Gasteiger partial charge on any atom is 0.259 e. The van der Waals surface area contributed by atoms with E-state index in [9.17, 15) is 8.76 Å². The van der Waals surface area contributed by atoms with Crippen LogP contribution in [0.25, 0.3) is 0 Å². The molecule has 1 aliphatic heterocycles. The maximum atomic E-state index is 10.3. The van der Waals surface area contributed by atoms with Crippen molar-refractivity contribution < 1.29 is 13.5 Å². The molecule has 2 rings (SSSR count). The van der Waals surface area contributed by atoms with Crippen LogP contribution in [0, 0.1) is 0 Å². The van der Waals surface area contributed by atoms with Crippen molar-refractivity contribution in [1.29, 1.82) is 0 Å². The van der Waals surface area contributed by atoms with E-state index in [1.54, 1.807) is 0 Å². The first-order valence-corrected chi connectivity index (χ1v) is 4.90. The first-order chi connectivity index (χ1) is 6.75. The fraction of sp³-hybridized carbons (Fsp3) is 0.333. The van der Waals surface area contributed by atoms with Crippen LogP contribution in [-0.4, -0.2) is 31.5 Å². The van der Waals surface area contributed by atoms with Gasteiger partial charge in [-0.3, -0.25) is 4.21 Å². The number of ether oxygens (including phenoxy) is 1. The summed E-state index contributed by atoms with van der Waals surface area (Å²) < 4.78 is 28.0. The molecular weight excluding hydrogens is 208 g/mol. The molecule has 2 atom stereocenters. The van der Waals surface area contributed by atoms with Crippen LogP contribution in [-0.2, 0) is 11.3 Å². The number of nitrogens with one attached hydrogen (secondary N) is 2. The molecule has 1 aromatic rings. The summed E-state index contributed by atoms with van der Waals surface area (Å²) in [6.07, 6.45) is 2.35. The van der Waals surface area contributed by atoms with Gasteiger partial charge in [0, 0.05) is 23.7 Å². The van der Waals surface area contributed by atoms with Crippen LogP contribution in [0.5, 0.6) is 5.88 Å². The van der Waals surface area contributed by atoms with E-state index in [-0.39, 0.29) is 0 Å². The average Bonchev–Trinajstić information content (AvgIpc) is 2.17. The first kappa shape index (κ1) is 9.31. The van der Waals surface area contributed by atoms with Crippen LogP contribution >= 0.6 is 0 Å². The second kappa shape index (κ2) is 3.86. The Kier molecular flexibility index (Phi) is 2.57. The summed E-state index contributed by atoms with van der Waals surface area (Å²) in [5, 5.41) is 2.88. The number of aromatic nitrogens is 2. The van der Waals surface area contributed by atoms with Crippen molar-refractivity contribution in [2.45, 2.75) is 6.23 Å². The second-order valence-corrected chi connectivity index (χ2v) is 3.26. The average molecular weight is 215 g/mol. The highest BCUT2D eigenvalue weighted by Gasteiger charge is 2.20. The normalized spacial score (nSPS) is 21.6. The molecule has 2 unspecified atom stereocenters. The summed E-state index contributed by atoms with van der Waals surface area (Å²) in [6.45, 7) is 0.319. The molecular formula is C6H7N4O3S-. The molecule has 0 saturated heterocycles. The van der Waals surface area contributed by atoms with E-state index in [0.29, 0.717) is 18.2 Å². The Balaban J connectivity index is 2.09. The smallest absolute Gasteiger partial charge is 0.259 e. The van der Waals surface area contributed by atoms with Gasteiger partial charge in [-0.25, -0.2) is 14.7 Å². The predicted octanol–water partition coefficient (Wildman–Crippen LogP) is -1.01. The molecule has 0 radical (unpaired) electrons. The fourth-order valence-electron chi connectivity index (χ4n) is 1.07. The summed E-state index contributed by atoms with van der Waals surface area (Å²) in [7, 11) is 0. The van der Waals surface area contributed by atoms with Crippen molar-refractivity contribution in [3.8, 4) is 5.88 Å².